The number of benzene rings is 1. The number of thioether (sulfide) groups is 2. The summed E-state index contributed by atoms with van der Waals surface area (Å²) in [5.74, 6) is 0.282. The highest BCUT2D eigenvalue weighted by Gasteiger charge is 2.10. The number of nitrogens with one attached hydrogen (secondary N) is 1. The van der Waals surface area contributed by atoms with Gasteiger partial charge >= 0.3 is 5.69 Å². The average Bonchev–Trinajstić information content (AvgIpc) is 2.76. The van der Waals surface area contributed by atoms with Gasteiger partial charge in [0.15, 0.2) is 10.9 Å². The van der Waals surface area contributed by atoms with Crippen molar-refractivity contribution >= 4 is 29.3 Å². The molecule has 0 radical (unpaired) electrons. The van der Waals surface area contributed by atoms with Crippen LogP contribution in [0.1, 0.15) is 10.4 Å². The quantitative estimate of drug-likeness (QED) is 0.673. The number of hydrogen-bond acceptors (Lipinski definition) is 5. The monoisotopic (exact) mass is 295 g/mol. The summed E-state index contributed by atoms with van der Waals surface area (Å²) < 4.78 is 1.38. The molecule has 0 amide bonds. The zero-order valence-corrected chi connectivity index (χ0v) is 12.2. The Hall–Kier alpha value is -1.47. The van der Waals surface area contributed by atoms with E-state index in [0.29, 0.717) is 10.7 Å². The lowest BCUT2D eigenvalue weighted by atomic mass is 10.1. The maximum absolute atomic E-state index is 12.0. The molecule has 7 heteroatoms. The summed E-state index contributed by atoms with van der Waals surface area (Å²) in [6.07, 6.45) is 1.99. The molecule has 1 aromatic carbocycles. The van der Waals surface area contributed by atoms with Crippen LogP contribution < -0.4 is 5.69 Å². The molecule has 1 aromatic heterocycles. The zero-order chi connectivity index (χ0) is 13.8. The summed E-state index contributed by atoms with van der Waals surface area (Å²) in [5, 5.41) is 6.69. The Morgan fingerprint density at radius 1 is 1.37 bits per heavy atom. The Morgan fingerprint density at radius 3 is 2.58 bits per heavy atom. The van der Waals surface area contributed by atoms with Crippen LogP contribution in [0.4, 0.5) is 0 Å². The van der Waals surface area contributed by atoms with Gasteiger partial charge in [-0.25, -0.2) is 9.89 Å². The molecule has 19 heavy (non-hydrogen) atoms. The summed E-state index contributed by atoms with van der Waals surface area (Å²) in [6.45, 7) is 0. The average molecular weight is 295 g/mol. The van der Waals surface area contributed by atoms with Crippen LogP contribution in [-0.4, -0.2) is 32.6 Å². The summed E-state index contributed by atoms with van der Waals surface area (Å²) in [4.78, 5) is 24.3. The minimum absolute atomic E-state index is 0.0214. The highest BCUT2D eigenvalue weighted by atomic mass is 32.2. The summed E-state index contributed by atoms with van der Waals surface area (Å²) in [5.41, 5.74) is 0.394. The molecular weight excluding hydrogens is 282 g/mol. The van der Waals surface area contributed by atoms with Gasteiger partial charge in [0.2, 0.25) is 0 Å². The first-order valence-corrected chi connectivity index (χ1v) is 7.74. The third-order valence-corrected chi connectivity index (χ3v) is 4.36. The van der Waals surface area contributed by atoms with Crippen molar-refractivity contribution in [2.75, 3.05) is 12.0 Å². The van der Waals surface area contributed by atoms with Gasteiger partial charge in [0, 0.05) is 17.5 Å². The van der Waals surface area contributed by atoms with Crippen molar-refractivity contribution in [1.82, 2.24) is 14.8 Å². The van der Waals surface area contributed by atoms with Gasteiger partial charge in [-0.15, -0.1) is 16.9 Å². The molecule has 0 unspecified atom stereocenters. The molecule has 0 bridgehead atoms. The first kappa shape index (κ1) is 14.0. The van der Waals surface area contributed by atoms with Gasteiger partial charge in [0.1, 0.15) is 0 Å². The molecule has 5 nitrogen and oxygen atoms in total. The number of aromatic amines is 1. The minimum Gasteiger partial charge on any atom is -0.293 e. The van der Waals surface area contributed by atoms with E-state index in [-0.39, 0.29) is 17.2 Å². The molecule has 0 fully saturated rings. The van der Waals surface area contributed by atoms with Crippen LogP contribution in [-0.2, 0) is 7.05 Å². The molecule has 100 valence electrons. The highest BCUT2D eigenvalue weighted by molar-refractivity contribution is 7.99. The molecular formula is C12H13N3O2S2. The second-order valence-corrected chi connectivity index (χ2v) is 5.63. The number of nitrogens with zero attached hydrogens (tertiary/aromatic N) is 2. The van der Waals surface area contributed by atoms with Crippen LogP contribution in [0.2, 0.25) is 0 Å². The van der Waals surface area contributed by atoms with Crippen LogP contribution in [0, 0.1) is 0 Å². The molecule has 1 N–H and O–H groups in total. The summed E-state index contributed by atoms with van der Waals surface area (Å²) in [7, 11) is 1.62. The highest BCUT2D eigenvalue weighted by Crippen LogP contribution is 2.18. The normalized spacial score (nSPS) is 10.6. The molecule has 2 aromatic rings. The SMILES string of the molecule is CSc1ccc(C(=O)CSc2n[nH]c(=O)n2C)cc1. The minimum atomic E-state index is -0.278. The molecule has 0 aliphatic rings. The number of rotatable bonds is 5. The Balaban J connectivity index is 2.01. The second kappa shape index (κ2) is 6.12. The van der Waals surface area contributed by atoms with E-state index in [9.17, 15) is 9.59 Å². The van der Waals surface area contributed by atoms with Gasteiger partial charge in [0.05, 0.1) is 5.75 Å². The third-order valence-electron chi connectivity index (χ3n) is 2.58. The summed E-state index contributed by atoms with van der Waals surface area (Å²) >= 11 is 2.88. The van der Waals surface area contributed by atoms with Crippen molar-refractivity contribution in [3.05, 3.63) is 40.3 Å². The topological polar surface area (TPSA) is 67.8 Å². The van der Waals surface area contributed by atoms with Crippen LogP contribution >= 0.6 is 23.5 Å². The maximum Gasteiger partial charge on any atom is 0.343 e. The molecule has 0 aliphatic carbocycles. The first-order valence-electron chi connectivity index (χ1n) is 5.53. The Bertz CT molecular complexity index is 631. The van der Waals surface area contributed by atoms with Crippen molar-refractivity contribution < 1.29 is 4.79 Å². The van der Waals surface area contributed by atoms with Crippen molar-refractivity contribution in [3.63, 3.8) is 0 Å². The van der Waals surface area contributed by atoms with E-state index < -0.39 is 0 Å². The fraction of sp³-hybridized carbons (Fsp3) is 0.250. The van der Waals surface area contributed by atoms with Gasteiger partial charge in [0.25, 0.3) is 0 Å². The second-order valence-electron chi connectivity index (χ2n) is 3.81. The number of Topliss-reactive ketones (excluding diaryl/α,β-unsaturated/α-hetero) is 1. The number of carbonyl (C=O) groups is 1. The van der Waals surface area contributed by atoms with Crippen LogP contribution in [0.3, 0.4) is 0 Å². The van der Waals surface area contributed by atoms with Gasteiger partial charge in [-0.2, -0.15) is 0 Å². The van der Waals surface area contributed by atoms with E-state index >= 15 is 0 Å². The van der Waals surface area contributed by atoms with Crippen LogP contribution in [0.25, 0.3) is 0 Å². The predicted octanol–water partition coefficient (Wildman–Crippen LogP) is 1.81. The van der Waals surface area contributed by atoms with Crippen molar-refractivity contribution in [2.24, 2.45) is 7.05 Å². The van der Waals surface area contributed by atoms with E-state index in [4.69, 9.17) is 0 Å². The molecule has 0 atom stereocenters. The van der Waals surface area contributed by atoms with Crippen molar-refractivity contribution in [2.45, 2.75) is 10.1 Å². The fourth-order valence-corrected chi connectivity index (χ4v) is 2.67. The Kier molecular flexibility index (Phi) is 4.49. The van der Waals surface area contributed by atoms with Crippen molar-refractivity contribution in [1.29, 1.82) is 0 Å². The first-order chi connectivity index (χ1) is 9.11. The largest absolute Gasteiger partial charge is 0.343 e. The van der Waals surface area contributed by atoms with E-state index in [2.05, 4.69) is 10.2 Å². The fourth-order valence-electron chi connectivity index (χ4n) is 1.45. The smallest absolute Gasteiger partial charge is 0.293 e. The molecule has 0 aliphatic heterocycles. The van der Waals surface area contributed by atoms with E-state index in [1.54, 1.807) is 18.8 Å². The third kappa shape index (κ3) is 3.30. The molecule has 2 rings (SSSR count). The Morgan fingerprint density at radius 2 is 2.05 bits per heavy atom. The molecule has 0 spiro atoms. The van der Waals surface area contributed by atoms with Crippen LogP contribution in [0.15, 0.2) is 39.1 Å². The molecule has 0 saturated heterocycles. The number of carbonyl (C=O) groups excluding carboxylic acids is 1. The van der Waals surface area contributed by atoms with Crippen LogP contribution in [0.5, 0.6) is 0 Å². The number of aromatic nitrogens is 3. The lowest BCUT2D eigenvalue weighted by Gasteiger charge is -2.02. The number of ketones is 1. The Labute approximate surface area is 118 Å². The standard InChI is InChI=1S/C12H13N3O2S2/c1-15-11(17)13-14-12(15)19-7-10(16)8-3-5-9(18-2)6-4-8/h3-6H,7H2,1-2H3,(H,13,17). The zero-order valence-electron chi connectivity index (χ0n) is 10.5. The predicted molar refractivity (Wildman–Crippen MR) is 77.1 cm³/mol. The van der Waals surface area contributed by atoms with Gasteiger partial charge in [-0.3, -0.25) is 9.36 Å². The van der Waals surface area contributed by atoms with E-state index in [1.165, 1.54) is 16.3 Å². The van der Waals surface area contributed by atoms with Gasteiger partial charge in [-0.05, 0) is 18.4 Å². The van der Waals surface area contributed by atoms with Crippen molar-refractivity contribution in [3.8, 4) is 0 Å². The molecule has 1 heterocycles. The lowest BCUT2D eigenvalue weighted by molar-refractivity contribution is 0.102. The maximum atomic E-state index is 12.0. The van der Waals surface area contributed by atoms with Gasteiger partial charge < -0.3 is 0 Å². The van der Waals surface area contributed by atoms with E-state index in [1.807, 2.05) is 30.5 Å². The van der Waals surface area contributed by atoms with Gasteiger partial charge in [-0.1, -0.05) is 23.9 Å². The number of H-pyrrole nitrogens is 1. The van der Waals surface area contributed by atoms with E-state index in [0.717, 1.165) is 4.90 Å². The summed E-state index contributed by atoms with van der Waals surface area (Å²) in [6, 6.07) is 7.48. The lowest BCUT2D eigenvalue weighted by Crippen LogP contribution is -2.13. The molecule has 0 saturated carbocycles. The number of hydrogen-bond donors (Lipinski definition) is 1.